The molecule has 0 radical (unpaired) electrons. The number of furan rings is 1. The zero-order chi connectivity index (χ0) is 21.1. The van der Waals surface area contributed by atoms with Crippen molar-refractivity contribution in [3.05, 3.63) is 77.7 Å². The number of nitrogens with one attached hydrogen (secondary N) is 1. The lowest BCUT2D eigenvalue weighted by Crippen LogP contribution is -2.35. The number of carbonyl (C=O) groups excluding carboxylic acids is 1. The molecule has 0 bridgehead atoms. The highest BCUT2D eigenvalue weighted by Crippen LogP contribution is 2.28. The Balaban J connectivity index is 1.56. The predicted molar refractivity (Wildman–Crippen MR) is 112 cm³/mol. The van der Waals surface area contributed by atoms with Crippen molar-refractivity contribution >= 4 is 21.6 Å². The average molecular weight is 426 g/mol. The van der Waals surface area contributed by atoms with Crippen LogP contribution in [0.2, 0.25) is 0 Å². The fraction of sp³-hybridized carbons (Fsp3) is 0.227. The minimum Gasteiger partial charge on any atom is -0.492 e. The molecule has 1 aliphatic heterocycles. The number of hydrogen-bond acceptors (Lipinski definition) is 5. The first kappa shape index (κ1) is 20.0. The number of anilines is 1. The van der Waals surface area contributed by atoms with Gasteiger partial charge in [-0.1, -0.05) is 18.2 Å². The normalized spacial score (nSPS) is 13.6. The summed E-state index contributed by atoms with van der Waals surface area (Å²) in [5.74, 6) is 0.422. The molecule has 1 aromatic heterocycles. The minimum atomic E-state index is -3.83. The van der Waals surface area contributed by atoms with E-state index in [1.807, 2.05) is 6.07 Å². The molecule has 0 atom stereocenters. The van der Waals surface area contributed by atoms with Gasteiger partial charge in [-0.25, -0.2) is 8.42 Å². The van der Waals surface area contributed by atoms with Gasteiger partial charge in [-0.15, -0.1) is 0 Å². The van der Waals surface area contributed by atoms with Gasteiger partial charge in [0.25, 0.3) is 15.9 Å². The molecular formula is C22H22N2O5S. The summed E-state index contributed by atoms with van der Waals surface area (Å²) in [4.78, 5) is 14.4. The van der Waals surface area contributed by atoms with Crippen LogP contribution < -0.4 is 9.46 Å². The number of rotatable bonds is 6. The second-order valence-corrected chi connectivity index (χ2v) is 8.57. The fourth-order valence-corrected chi connectivity index (χ4v) is 4.70. The maximum absolute atomic E-state index is 12.9. The van der Waals surface area contributed by atoms with Crippen molar-refractivity contribution in [1.29, 1.82) is 0 Å². The third-order valence-electron chi connectivity index (χ3n) is 4.93. The van der Waals surface area contributed by atoms with Crippen LogP contribution in [0.5, 0.6) is 5.75 Å². The van der Waals surface area contributed by atoms with Gasteiger partial charge in [-0.05, 0) is 60.9 Å². The Morgan fingerprint density at radius 1 is 1.13 bits per heavy atom. The van der Waals surface area contributed by atoms with E-state index in [0.29, 0.717) is 43.3 Å². The van der Waals surface area contributed by atoms with Crippen LogP contribution in [-0.2, 0) is 23.0 Å². The molecule has 0 unspecified atom stereocenters. The van der Waals surface area contributed by atoms with Crippen molar-refractivity contribution in [3.63, 3.8) is 0 Å². The van der Waals surface area contributed by atoms with Crippen LogP contribution in [0, 0.1) is 0 Å². The number of hydrogen-bond donors (Lipinski definition) is 1. The molecule has 3 aromatic rings. The number of para-hydroxylation sites is 1. The van der Waals surface area contributed by atoms with Crippen LogP contribution in [0.4, 0.5) is 5.69 Å². The molecule has 2 aromatic carbocycles. The van der Waals surface area contributed by atoms with Crippen LogP contribution >= 0.6 is 0 Å². The summed E-state index contributed by atoms with van der Waals surface area (Å²) < 4.78 is 39.1. The zero-order valence-electron chi connectivity index (χ0n) is 16.5. The van der Waals surface area contributed by atoms with Gasteiger partial charge in [0.2, 0.25) is 0 Å². The molecule has 8 heteroatoms. The van der Waals surface area contributed by atoms with E-state index in [0.717, 1.165) is 11.1 Å². The Kier molecular flexibility index (Phi) is 5.50. The predicted octanol–water partition coefficient (Wildman–Crippen LogP) is 3.68. The van der Waals surface area contributed by atoms with Crippen molar-refractivity contribution in [2.45, 2.75) is 24.8 Å². The van der Waals surface area contributed by atoms with Crippen LogP contribution in [-0.4, -0.2) is 32.4 Å². The molecule has 30 heavy (non-hydrogen) atoms. The lowest BCUT2D eigenvalue weighted by atomic mass is 9.99. The molecule has 0 saturated carbocycles. The highest BCUT2D eigenvalue weighted by atomic mass is 32.2. The van der Waals surface area contributed by atoms with Gasteiger partial charge in [-0.2, -0.15) is 0 Å². The highest BCUT2D eigenvalue weighted by molar-refractivity contribution is 7.92. The van der Waals surface area contributed by atoms with Gasteiger partial charge in [0.05, 0.1) is 12.9 Å². The van der Waals surface area contributed by atoms with E-state index < -0.39 is 10.0 Å². The Labute approximate surface area is 175 Å². The van der Waals surface area contributed by atoms with Crippen molar-refractivity contribution in [2.24, 2.45) is 0 Å². The van der Waals surface area contributed by atoms with E-state index in [-0.39, 0.29) is 10.8 Å². The number of amides is 1. The average Bonchev–Trinajstić information content (AvgIpc) is 3.28. The van der Waals surface area contributed by atoms with Crippen LogP contribution in [0.25, 0.3) is 0 Å². The maximum atomic E-state index is 12.9. The van der Waals surface area contributed by atoms with Gasteiger partial charge < -0.3 is 14.1 Å². The Bertz CT molecular complexity index is 1160. The van der Waals surface area contributed by atoms with Gasteiger partial charge in [0, 0.05) is 18.8 Å². The molecule has 0 fully saturated rings. The smallest absolute Gasteiger partial charge is 0.289 e. The molecule has 156 valence electrons. The van der Waals surface area contributed by atoms with E-state index in [1.54, 1.807) is 54.3 Å². The second-order valence-electron chi connectivity index (χ2n) is 6.92. The largest absolute Gasteiger partial charge is 0.492 e. The third-order valence-corrected chi connectivity index (χ3v) is 6.35. The summed E-state index contributed by atoms with van der Waals surface area (Å²) >= 11 is 0. The Hall–Kier alpha value is -3.26. The van der Waals surface area contributed by atoms with Crippen LogP contribution in [0.3, 0.4) is 0 Å². The van der Waals surface area contributed by atoms with E-state index >= 15 is 0 Å². The molecular weight excluding hydrogens is 404 g/mol. The summed E-state index contributed by atoms with van der Waals surface area (Å²) in [7, 11) is -3.83. The van der Waals surface area contributed by atoms with Crippen LogP contribution in [0.15, 0.2) is 70.2 Å². The van der Waals surface area contributed by atoms with Crippen molar-refractivity contribution in [1.82, 2.24) is 4.90 Å². The quantitative estimate of drug-likeness (QED) is 0.650. The Morgan fingerprint density at radius 3 is 2.73 bits per heavy atom. The number of sulfonamides is 1. The van der Waals surface area contributed by atoms with Gasteiger partial charge in [0.15, 0.2) is 5.76 Å². The number of ether oxygens (including phenoxy) is 1. The molecule has 1 amide bonds. The van der Waals surface area contributed by atoms with E-state index in [1.165, 1.54) is 12.3 Å². The molecule has 2 heterocycles. The second kappa shape index (κ2) is 8.23. The number of carbonyl (C=O) groups is 1. The molecule has 0 aliphatic carbocycles. The summed E-state index contributed by atoms with van der Waals surface area (Å²) in [6, 6.07) is 15.3. The summed E-state index contributed by atoms with van der Waals surface area (Å²) in [6.07, 6.45) is 2.17. The van der Waals surface area contributed by atoms with Gasteiger partial charge in [0.1, 0.15) is 10.6 Å². The maximum Gasteiger partial charge on any atom is 0.289 e. The molecule has 0 saturated heterocycles. The topological polar surface area (TPSA) is 88.9 Å². The molecule has 1 N–H and O–H groups in total. The highest BCUT2D eigenvalue weighted by Gasteiger charge is 2.25. The third kappa shape index (κ3) is 4.04. The van der Waals surface area contributed by atoms with Gasteiger partial charge >= 0.3 is 0 Å². The van der Waals surface area contributed by atoms with E-state index in [4.69, 9.17) is 9.15 Å². The van der Waals surface area contributed by atoms with Crippen molar-refractivity contribution in [2.75, 3.05) is 17.9 Å². The van der Waals surface area contributed by atoms with E-state index in [2.05, 4.69) is 4.72 Å². The minimum absolute atomic E-state index is 0.0826. The first-order chi connectivity index (χ1) is 14.5. The summed E-state index contributed by atoms with van der Waals surface area (Å²) in [6.45, 7) is 3.14. The Morgan fingerprint density at radius 2 is 1.97 bits per heavy atom. The lowest BCUT2D eigenvalue weighted by Gasteiger charge is -2.28. The molecule has 0 spiro atoms. The summed E-state index contributed by atoms with van der Waals surface area (Å²) in [5, 5.41) is 0. The van der Waals surface area contributed by atoms with E-state index in [9.17, 15) is 13.2 Å². The lowest BCUT2D eigenvalue weighted by molar-refractivity contribution is 0.0702. The first-order valence-corrected chi connectivity index (χ1v) is 11.2. The molecule has 1 aliphatic rings. The molecule has 7 nitrogen and oxygen atoms in total. The summed E-state index contributed by atoms with van der Waals surface area (Å²) in [5.41, 5.74) is 2.43. The van der Waals surface area contributed by atoms with Crippen LogP contribution in [0.1, 0.15) is 28.6 Å². The monoisotopic (exact) mass is 426 g/mol. The zero-order valence-corrected chi connectivity index (χ0v) is 17.3. The van der Waals surface area contributed by atoms with Gasteiger partial charge in [-0.3, -0.25) is 9.52 Å². The van der Waals surface area contributed by atoms with Crippen molar-refractivity contribution in [3.8, 4) is 5.75 Å². The number of fused-ring (bicyclic) bond motifs is 1. The first-order valence-electron chi connectivity index (χ1n) is 9.67. The standard InChI is InChI=1S/C22H22N2O5S/c1-2-28-19-6-3-4-8-21(19)30(26,27)23-18-10-9-16-11-12-24(15-17(16)14-18)22(25)20-7-5-13-29-20/h3-10,13-14,23H,2,11-12,15H2,1H3. The molecule has 4 rings (SSSR count). The van der Waals surface area contributed by atoms with Crippen molar-refractivity contribution < 1.29 is 22.4 Å². The SMILES string of the molecule is CCOc1ccccc1S(=O)(=O)Nc1ccc2c(c1)CN(C(=O)c1ccco1)CC2. The fourth-order valence-electron chi connectivity index (χ4n) is 3.51. The number of nitrogens with zero attached hydrogens (tertiary/aromatic N) is 1. The number of benzene rings is 2.